The smallest absolute Gasteiger partial charge is 0.109 e. The van der Waals surface area contributed by atoms with Crippen molar-refractivity contribution in [2.75, 3.05) is 20.3 Å². The first-order valence-electron chi connectivity index (χ1n) is 3.78. The second kappa shape index (κ2) is 6.33. The van der Waals surface area contributed by atoms with E-state index in [1.165, 1.54) is 7.11 Å². The van der Waals surface area contributed by atoms with Crippen molar-refractivity contribution in [3.63, 3.8) is 0 Å². The molecule has 0 aliphatic heterocycles. The number of rotatable bonds is 6. The summed E-state index contributed by atoms with van der Waals surface area (Å²) in [5.41, 5.74) is 0. The van der Waals surface area contributed by atoms with Gasteiger partial charge in [-0.05, 0) is 6.42 Å². The second-order valence-electron chi connectivity index (χ2n) is 2.53. The minimum Gasteiger partial charge on any atom is -0.396 e. The van der Waals surface area contributed by atoms with Crippen molar-refractivity contribution in [2.45, 2.75) is 24.7 Å². The molecule has 0 aromatic carbocycles. The van der Waals surface area contributed by atoms with Crippen molar-refractivity contribution in [3.05, 3.63) is 0 Å². The van der Waals surface area contributed by atoms with Crippen LogP contribution >= 0.6 is 0 Å². The zero-order valence-electron chi connectivity index (χ0n) is 7.05. The highest BCUT2D eigenvalue weighted by atomic mass is 16.5. The molecule has 0 saturated heterocycles. The molecule has 12 heavy (non-hydrogen) atoms. The Morgan fingerprint density at radius 3 is 2.17 bits per heavy atom. The molecule has 0 heterocycles. The van der Waals surface area contributed by atoms with Crippen LogP contribution in [0.15, 0.2) is 0 Å². The van der Waals surface area contributed by atoms with Gasteiger partial charge < -0.3 is 25.2 Å². The lowest BCUT2D eigenvalue weighted by molar-refractivity contribution is -0.0966. The van der Waals surface area contributed by atoms with E-state index in [9.17, 15) is 5.11 Å². The molecule has 0 amide bonds. The number of hydrogen-bond acceptors (Lipinski definition) is 5. The summed E-state index contributed by atoms with van der Waals surface area (Å²) < 4.78 is 4.69. The van der Waals surface area contributed by atoms with Crippen molar-refractivity contribution in [1.82, 2.24) is 0 Å². The summed E-state index contributed by atoms with van der Waals surface area (Å²) in [6.07, 6.45) is -2.95. The highest BCUT2D eigenvalue weighted by Gasteiger charge is 2.24. The van der Waals surface area contributed by atoms with Crippen molar-refractivity contribution < 1.29 is 25.2 Å². The summed E-state index contributed by atoms with van der Waals surface area (Å²) in [6, 6.07) is 0. The van der Waals surface area contributed by atoms with Crippen molar-refractivity contribution >= 4 is 0 Å². The minimum atomic E-state index is -1.16. The van der Waals surface area contributed by atoms with Gasteiger partial charge in [0.1, 0.15) is 12.2 Å². The van der Waals surface area contributed by atoms with Crippen LogP contribution in [-0.2, 0) is 4.74 Å². The average Bonchev–Trinajstić information content (AvgIpc) is 2.07. The quantitative estimate of drug-likeness (QED) is 0.383. The predicted molar refractivity (Wildman–Crippen MR) is 41.6 cm³/mol. The Hall–Kier alpha value is -0.200. The highest BCUT2D eigenvalue weighted by molar-refractivity contribution is 4.75. The number of aliphatic hydroxyl groups is 4. The lowest BCUT2D eigenvalue weighted by Gasteiger charge is -2.23. The van der Waals surface area contributed by atoms with Gasteiger partial charge in [0.15, 0.2) is 0 Å². The van der Waals surface area contributed by atoms with Gasteiger partial charge in [-0.2, -0.15) is 0 Å². The average molecular weight is 180 g/mol. The molecule has 0 radical (unpaired) electrons. The van der Waals surface area contributed by atoms with E-state index >= 15 is 0 Å². The SMILES string of the molecule is COC(CO)C(O)C(O)CCO. The van der Waals surface area contributed by atoms with Gasteiger partial charge in [-0.25, -0.2) is 0 Å². The van der Waals surface area contributed by atoms with E-state index in [1.807, 2.05) is 0 Å². The zero-order chi connectivity index (χ0) is 9.56. The fraction of sp³-hybridized carbons (Fsp3) is 1.00. The molecule has 74 valence electrons. The van der Waals surface area contributed by atoms with Crippen LogP contribution in [0.4, 0.5) is 0 Å². The summed E-state index contributed by atoms with van der Waals surface area (Å²) in [4.78, 5) is 0. The maximum Gasteiger partial charge on any atom is 0.109 e. The molecule has 0 rings (SSSR count). The third kappa shape index (κ3) is 3.46. The lowest BCUT2D eigenvalue weighted by Crippen LogP contribution is -2.41. The van der Waals surface area contributed by atoms with Gasteiger partial charge in [0, 0.05) is 13.7 Å². The van der Waals surface area contributed by atoms with Gasteiger partial charge in [0.05, 0.1) is 12.7 Å². The molecule has 0 aliphatic carbocycles. The van der Waals surface area contributed by atoms with Gasteiger partial charge in [-0.15, -0.1) is 0 Å². The van der Waals surface area contributed by atoms with Crippen molar-refractivity contribution in [1.29, 1.82) is 0 Å². The van der Waals surface area contributed by atoms with Crippen LogP contribution < -0.4 is 0 Å². The Morgan fingerprint density at radius 2 is 1.83 bits per heavy atom. The molecule has 0 aromatic rings. The predicted octanol–water partition coefficient (Wildman–Crippen LogP) is -1.90. The first-order valence-corrected chi connectivity index (χ1v) is 3.78. The topological polar surface area (TPSA) is 90.2 Å². The van der Waals surface area contributed by atoms with E-state index in [0.29, 0.717) is 0 Å². The standard InChI is InChI=1S/C7H16O5/c1-12-6(4-9)7(11)5(10)2-3-8/h5-11H,2-4H2,1H3. The minimum absolute atomic E-state index is 0.0705. The van der Waals surface area contributed by atoms with E-state index in [0.717, 1.165) is 0 Å². The third-order valence-corrected chi connectivity index (χ3v) is 1.68. The molecule has 4 N–H and O–H groups in total. The normalized spacial score (nSPS) is 18.8. The van der Waals surface area contributed by atoms with Gasteiger partial charge >= 0.3 is 0 Å². The number of aliphatic hydroxyl groups excluding tert-OH is 4. The van der Waals surface area contributed by atoms with E-state index < -0.39 is 18.3 Å². The number of ether oxygens (including phenoxy) is 1. The van der Waals surface area contributed by atoms with Crippen LogP contribution in [-0.4, -0.2) is 59.1 Å². The molecule has 0 bridgehead atoms. The Morgan fingerprint density at radius 1 is 1.25 bits per heavy atom. The highest BCUT2D eigenvalue weighted by Crippen LogP contribution is 2.05. The van der Waals surface area contributed by atoms with Crippen LogP contribution in [0.1, 0.15) is 6.42 Å². The number of methoxy groups -OCH3 is 1. The Balaban J connectivity index is 3.87. The summed E-state index contributed by atoms with van der Waals surface area (Å²) in [5, 5.41) is 35.5. The molecule has 3 atom stereocenters. The van der Waals surface area contributed by atoms with Gasteiger partial charge in [-0.3, -0.25) is 0 Å². The molecule has 3 unspecified atom stereocenters. The van der Waals surface area contributed by atoms with Gasteiger partial charge in [0.25, 0.3) is 0 Å². The summed E-state index contributed by atoms with van der Waals surface area (Å²) >= 11 is 0. The molecular weight excluding hydrogens is 164 g/mol. The molecular formula is C7H16O5. The molecule has 5 nitrogen and oxygen atoms in total. The lowest BCUT2D eigenvalue weighted by atomic mass is 10.1. The van der Waals surface area contributed by atoms with E-state index in [2.05, 4.69) is 4.74 Å². The van der Waals surface area contributed by atoms with Gasteiger partial charge in [0.2, 0.25) is 0 Å². The third-order valence-electron chi connectivity index (χ3n) is 1.68. The molecule has 0 aliphatic rings. The first kappa shape index (κ1) is 11.8. The van der Waals surface area contributed by atoms with Gasteiger partial charge in [-0.1, -0.05) is 0 Å². The Bertz CT molecular complexity index is 104. The molecule has 0 spiro atoms. The summed E-state index contributed by atoms with van der Waals surface area (Å²) in [7, 11) is 1.33. The van der Waals surface area contributed by atoms with Crippen LogP contribution in [0, 0.1) is 0 Å². The molecule has 0 saturated carbocycles. The largest absolute Gasteiger partial charge is 0.396 e. The monoisotopic (exact) mass is 180 g/mol. The fourth-order valence-electron chi connectivity index (χ4n) is 0.873. The van der Waals surface area contributed by atoms with E-state index in [-0.39, 0.29) is 19.6 Å². The maximum absolute atomic E-state index is 9.26. The summed E-state index contributed by atoms with van der Waals surface area (Å²) in [6.45, 7) is -0.569. The van der Waals surface area contributed by atoms with Crippen LogP contribution in [0.3, 0.4) is 0 Å². The van der Waals surface area contributed by atoms with Crippen LogP contribution in [0.5, 0.6) is 0 Å². The van der Waals surface area contributed by atoms with Crippen LogP contribution in [0.2, 0.25) is 0 Å². The first-order chi connectivity index (χ1) is 5.67. The molecule has 0 fully saturated rings. The molecule has 5 heteroatoms. The fourth-order valence-corrected chi connectivity index (χ4v) is 0.873. The number of hydrogen-bond donors (Lipinski definition) is 4. The zero-order valence-corrected chi connectivity index (χ0v) is 7.05. The maximum atomic E-state index is 9.26. The summed E-state index contributed by atoms with van der Waals surface area (Å²) in [5.74, 6) is 0. The van der Waals surface area contributed by atoms with E-state index in [4.69, 9.17) is 15.3 Å². The van der Waals surface area contributed by atoms with E-state index in [1.54, 1.807) is 0 Å². The Kier molecular flexibility index (Phi) is 6.23. The van der Waals surface area contributed by atoms with Crippen molar-refractivity contribution in [2.24, 2.45) is 0 Å². The molecule has 0 aromatic heterocycles. The van der Waals surface area contributed by atoms with Crippen molar-refractivity contribution in [3.8, 4) is 0 Å². The second-order valence-corrected chi connectivity index (χ2v) is 2.53. The Labute approximate surface area is 71.2 Å². The van der Waals surface area contributed by atoms with Crippen LogP contribution in [0.25, 0.3) is 0 Å².